The predicted octanol–water partition coefficient (Wildman–Crippen LogP) is 4.81. The quantitative estimate of drug-likeness (QED) is 0.0137. The van der Waals surface area contributed by atoms with Gasteiger partial charge >= 0.3 is 48.5 Å². The van der Waals surface area contributed by atoms with E-state index in [-0.39, 0.29) is 81.5 Å². The third-order valence-electron chi connectivity index (χ3n) is 14.6. The number of ether oxygens (including phenoxy) is 16. The number of alkyl carbamates (subject to hydrolysis) is 3. The third-order valence-corrected chi connectivity index (χ3v) is 14.6. The summed E-state index contributed by atoms with van der Waals surface area (Å²) in [5.41, 5.74) is -1.66. The zero-order chi connectivity index (χ0) is 72.4. The topological polar surface area (TPSA) is 394 Å². The van der Waals surface area contributed by atoms with Gasteiger partial charge in [-0.05, 0) is 86.3 Å². The summed E-state index contributed by atoms with van der Waals surface area (Å²) >= 11 is 0. The average molecular weight is 1390 g/mol. The molecule has 2 fully saturated rings. The summed E-state index contributed by atoms with van der Waals surface area (Å²) in [6.07, 6.45) is -0.00464. The van der Waals surface area contributed by atoms with E-state index in [0.29, 0.717) is 90.9 Å². The summed E-state index contributed by atoms with van der Waals surface area (Å²) in [6, 6.07) is -3.12. The lowest BCUT2D eigenvalue weighted by Crippen LogP contribution is -2.64. The van der Waals surface area contributed by atoms with Gasteiger partial charge in [0.15, 0.2) is 30.5 Å². The van der Waals surface area contributed by atoms with Crippen LogP contribution >= 0.6 is 0 Å². The van der Waals surface area contributed by atoms with Crippen LogP contribution < -0.4 is 26.6 Å². The molecule has 0 unspecified atom stereocenters. The molecule has 0 bridgehead atoms. The molecule has 0 saturated carbocycles. The van der Waals surface area contributed by atoms with E-state index >= 15 is 0 Å². The number of amides is 5. The first kappa shape index (κ1) is 81.8. The van der Waals surface area contributed by atoms with Gasteiger partial charge in [0.2, 0.25) is 23.3 Å². The zero-order valence-electron chi connectivity index (χ0n) is 58.0. The molecule has 4 aliphatic rings. The minimum absolute atomic E-state index is 0.0787. The summed E-state index contributed by atoms with van der Waals surface area (Å²) in [4.78, 5) is 136. The molecule has 4 aliphatic heterocycles. The Morgan fingerprint density at radius 3 is 1.69 bits per heavy atom. The van der Waals surface area contributed by atoms with Crippen LogP contribution in [0.2, 0.25) is 0 Å². The van der Waals surface area contributed by atoms with Crippen LogP contribution in [0.15, 0.2) is 41.1 Å². The molecule has 2 saturated heterocycles. The normalized spacial score (nSPS) is 21.1. The molecule has 5 amide bonds. The Morgan fingerprint density at radius 2 is 1.15 bits per heavy atom. The fraction of sp³-hybridized carbons (Fsp3) is 0.708. The van der Waals surface area contributed by atoms with Crippen molar-refractivity contribution in [1.29, 1.82) is 0 Å². The molecule has 0 aromatic carbocycles. The fourth-order valence-corrected chi connectivity index (χ4v) is 10.1. The van der Waals surface area contributed by atoms with Gasteiger partial charge in [-0.1, -0.05) is 45.1 Å². The van der Waals surface area contributed by atoms with Crippen LogP contribution in [0.4, 0.5) is 24.0 Å². The molecule has 5 N–H and O–H groups in total. The Labute approximate surface area is 571 Å². The van der Waals surface area contributed by atoms with Gasteiger partial charge in [-0.25, -0.2) is 33.6 Å². The summed E-state index contributed by atoms with van der Waals surface area (Å²) < 4.78 is 87.3. The number of cyclic esters (lactones) is 4. The van der Waals surface area contributed by atoms with Gasteiger partial charge in [0.1, 0.15) is 48.8 Å². The van der Waals surface area contributed by atoms with E-state index in [1.54, 1.807) is 53.4 Å². The number of nitrogens with zero attached hydrogens (tertiary/aromatic N) is 2. The van der Waals surface area contributed by atoms with Crippen molar-refractivity contribution >= 4 is 66.1 Å². The fourth-order valence-electron chi connectivity index (χ4n) is 10.1. The zero-order valence-corrected chi connectivity index (χ0v) is 58.0. The monoisotopic (exact) mass is 1390 g/mol. The number of amidine groups is 1. The van der Waals surface area contributed by atoms with Crippen molar-refractivity contribution in [3.05, 3.63) is 36.1 Å². The predicted molar refractivity (Wildman–Crippen MR) is 344 cm³/mol. The maximum absolute atomic E-state index is 13.8. The molecule has 98 heavy (non-hydrogen) atoms. The molecule has 33 heteroatoms. The minimum atomic E-state index is -1.52. The highest BCUT2D eigenvalue weighted by molar-refractivity contribution is 5.94. The van der Waals surface area contributed by atoms with E-state index in [2.05, 4.69) is 44.1 Å². The molecule has 0 spiro atoms. The standard InChI is InChI=1S/C65H99N7O26/c1-14-28-85-30-32-87-34-35-88-33-31-86-29-24-50(74)72(27-22-18-19-23-51(75)95-54(48-38-89-62(81)93-48)53-40(2)44(36-46(91-53)57(76)83-12)67-41(3)69-60(79)97-64(6,7)8)26-21-17-15-16-20-25-66-59(78)96-55(49-39-90-63(82)94-49)56-52(71-43(5)73)45(37-47(92-56)58(77)84-13)68-42(4)70-61(80)98-65(9,10)11/h1,36-37,40,44-45,48-49,52-56,68H,4,15-35,38-39H2,2-3,5-13H3,(H,66,78)(H,70,80)(H,71,73)(H,67,69,79)/t40-,44+,45+,48-,49-,52-,53-,54-,55-,56-/m1/s1. The first-order valence-electron chi connectivity index (χ1n) is 32.5. The van der Waals surface area contributed by atoms with E-state index in [9.17, 15) is 47.9 Å². The van der Waals surface area contributed by atoms with Crippen molar-refractivity contribution in [2.45, 2.75) is 192 Å². The highest BCUT2D eigenvalue weighted by Gasteiger charge is 2.51. The number of hydrogen-bond donors (Lipinski definition) is 5. The maximum Gasteiger partial charge on any atom is 0.508 e. The van der Waals surface area contributed by atoms with Crippen molar-refractivity contribution in [2.75, 3.05) is 99.9 Å². The number of carbonyl (C=O) groups excluding carboxylic acids is 10. The second-order valence-corrected chi connectivity index (χ2v) is 24.9. The second-order valence-electron chi connectivity index (χ2n) is 24.9. The summed E-state index contributed by atoms with van der Waals surface area (Å²) in [7, 11) is 2.26. The molecule has 10 atom stereocenters. The lowest BCUT2D eigenvalue weighted by molar-refractivity contribution is -0.171. The maximum atomic E-state index is 13.8. The number of hydrogen-bond acceptors (Lipinski definition) is 28. The molecule has 0 radical (unpaired) electrons. The van der Waals surface area contributed by atoms with Crippen LogP contribution in [-0.4, -0.2) is 237 Å². The van der Waals surface area contributed by atoms with Crippen LogP contribution in [0.25, 0.3) is 0 Å². The second kappa shape index (κ2) is 42.3. The Hall–Kier alpha value is -8.61. The number of aliphatic imine (C=N–C) groups is 1. The Morgan fingerprint density at radius 1 is 0.643 bits per heavy atom. The van der Waals surface area contributed by atoms with Gasteiger partial charge in [0.05, 0.1) is 85.0 Å². The number of carbonyl (C=O) groups is 10. The SMILES string of the molecule is C#CCOCCOCCOCCOCCC(=O)N(CCCCCCCNC(=O)O[C@@H]([C@@H]1OC(C(=O)OC)=C[C@H](NC(=C)NC(=O)OC(C)(C)C)[C@H]1NC(C)=O)[C@H]1COC(=O)O1)CCCCCC(=O)O[C@@H]([C@@H]1OC(C(=O)OC)=C[C@H](N=C(C)NC(=O)OC(C)(C)C)[C@H]1C)[C@H]1COC(=O)O1. The number of esters is 3. The smallest absolute Gasteiger partial charge is 0.479 e. The van der Waals surface area contributed by atoms with Crippen LogP contribution in [0.3, 0.4) is 0 Å². The van der Waals surface area contributed by atoms with Crippen molar-refractivity contribution in [1.82, 2.24) is 31.5 Å². The van der Waals surface area contributed by atoms with Crippen molar-refractivity contribution in [3.8, 4) is 12.3 Å². The number of unbranched alkanes of at least 4 members (excludes halogenated alkanes) is 6. The highest BCUT2D eigenvalue weighted by atomic mass is 16.8. The Bertz CT molecular complexity index is 2810. The molecule has 550 valence electrons. The Balaban J connectivity index is 1.35. The van der Waals surface area contributed by atoms with Gasteiger partial charge in [0, 0.05) is 38.9 Å². The number of rotatable bonds is 40. The molecule has 0 aliphatic carbocycles. The van der Waals surface area contributed by atoms with Crippen LogP contribution in [0, 0.1) is 18.3 Å². The lowest BCUT2D eigenvalue weighted by atomic mass is 9.87. The number of methoxy groups -OCH3 is 2. The van der Waals surface area contributed by atoms with E-state index in [1.165, 1.54) is 26.0 Å². The lowest BCUT2D eigenvalue weighted by Gasteiger charge is -2.41. The average Bonchev–Trinajstić information content (AvgIpc) is 1.14. The van der Waals surface area contributed by atoms with Crippen LogP contribution in [-0.2, 0) is 99.8 Å². The van der Waals surface area contributed by atoms with Gasteiger partial charge in [-0.2, -0.15) is 0 Å². The summed E-state index contributed by atoms with van der Waals surface area (Å²) in [5.74, 6) is -2.03. The van der Waals surface area contributed by atoms with Crippen molar-refractivity contribution in [3.63, 3.8) is 0 Å². The van der Waals surface area contributed by atoms with Crippen molar-refractivity contribution < 1.29 is 124 Å². The summed E-state index contributed by atoms with van der Waals surface area (Å²) in [5, 5.41) is 13.3. The van der Waals surface area contributed by atoms with Crippen LogP contribution in [0.5, 0.6) is 0 Å². The van der Waals surface area contributed by atoms with E-state index in [1.807, 2.05) is 0 Å². The molecule has 4 heterocycles. The first-order valence-corrected chi connectivity index (χ1v) is 32.5. The van der Waals surface area contributed by atoms with E-state index in [0.717, 1.165) is 14.2 Å². The van der Waals surface area contributed by atoms with E-state index in [4.69, 9.17) is 82.2 Å². The highest BCUT2D eigenvalue weighted by Crippen LogP contribution is 2.34. The molecule has 4 rings (SSSR count). The van der Waals surface area contributed by atoms with E-state index < -0.39 is 133 Å². The molecule has 33 nitrogen and oxygen atoms in total. The number of nitrogens with one attached hydrogen (secondary N) is 5. The number of terminal acetylenes is 1. The third kappa shape index (κ3) is 30.9. The van der Waals surface area contributed by atoms with Crippen LogP contribution in [0.1, 0.15) is 127 Å². The van der Waals surface area contributed by atoms with Crippen molar-refractivity contribution in [2.24, 2.45) is 10.9 Å². The molecule has 0 aromatic rings. The van der Waals surface area contributed by atoms with Gasteiger partial charge in [0.25, 0.3) is 0 Å². The largest absolute Gasteiger partial charge is 0.508 e. The van der Waals surface area contributed by atoms with Gasteiger partial charge in [-0.15, -0.1) is 6.42 Å². The van der Waals surface area contributed by atoms with Gasteiger partial charge < -0.3 is 96.6 Å². The minimum Gasteiger partial charge on any atom is -0.479 e. The molecule has 0 aromatic heterocycles. The molecular formula is C65H99N7O26. The molecular weight excluding hydrogens is 1290 g/mol. The summed E-state index contributed by atoms with van der Waals surface area (Å²) in [6.45, 7) is 20.9. The van der Waals surface area contributed by atoms with Gasteiger partial charge in [-0.3, -0.25) is 30.0 Å². The first-order chi connectivity index (χ1) is 46.5. The Kier molecular flexibility index (Phi) is 35.3.